The number of hydrogen-bond donors (Lipinski definition) is 1. The largest absolute Gasteiger partial charge is 0.356 e. The molecule has 1 atom stereocenters. The quantitative estimate of drug-likeness (QED) is 0.747. The zero-order valence-electron chi connectivity index (χ0n) is 14.5. The van der Waals surface area contributed by atoms with Crippen LogP contribution in [0.25, 0.3) is 0 Å². The molecule has 1 aliphatic heterocycles. The summed E-state index contributed by atoms with van der Waals surface area (Å²) in [4.78, 5) is 16.8. The molecule has 0 radical (unpaired) electrons. The molecule has 0 saturated carbocycles. The first kappa shape index (κ1) is 19.5. The Morgan fingerprint density at radius 2 is 2.12 bits per heavy atom. The molecule has 0 spiro atoms. The van der Waals surface area contributed by atoms with E-state index in [1.165, 1.54) is 0 Å². The summed E-state index contributed by atoms with van der Waals surface area (Å²) < 4.78 is 0. The van der Waals surface area contributed by atoms with E-state index in [1.54, 1.807) is 0 Å². The van der Waals surface area contributed by atoms with Crippen LogP contribution in [-0.2, 0) is 11.3 Å². The van der Waals surface area contributed by atoms with Gasteiger partial charge in [0, 0.05) is 19.6 Å². The van der Waals surface area contributed by atoms with Gasteiger partial charge >= 0.3 is 0 Å². The van der Waals surface area contributed by atoms with Gasteiger partial charge in [0.15, 0.2) is 0 Å². The highest BCUT2D eigenvalue weighted by atomic mass is 35.5. The molecule has 1 amide bonds. The van der Waals surface area contributed by atoms with Gasteiger partial charge < -0.3 is 10.2 Å². The summed E-state index contributed by atoms with van der Waals surface area (Å²) in [7, 11) is 4.09. The number of carbonyl (C=O) groups excluding carboxylic acids is 1. The maximum Gasteiger partial charge on any atom is 0.224 e. The number of nitrogens with zero attached hydrogens (tertiary/aromatic N) is 2. The summed E-state index contributed by atoms with van der Waals surface area (Å²) in [6.45, 7) is 4.38. The van der Waals surface area contributed by atoms with Crippen molar-refractivity contribution in [2.75, 3.05) is 40.3 Å². The van der Waals surface area contributed by atoms with Crippen molar-refractivity contribution in [1.29, 1.82) is 0 Å². The molecule has 0 bridgehead atoms. The normalized spacial score (nSPS) is 18.8. The third-order valence-electron chi connectivity index (χ3n) is 4.35. The summed E-state index contributed by atoms with van der Waals surface area (Å²) in [6.07, 6.45) is 3.01. The fourth-order valence-electron chi connectivity index (χ4n) is 3.06. The third kappa shape index (κ3) is 6.25. The second-order valence-corrected chi connectivity index (χ2v) is 7.58. The van der Waals surface area contributed by atoms with E-state index < -0.39 is 0 Å². The Hall–Kier alpha value is -0.810. The van der Waals surface area contributed by atoms with E-state index in [4.69, 9.17) is 23.2 Å². The average molecular weight is 372 g/mol. The van der Waals surface area contributed by atoms with Crippen LogP contribution in [0.4, 0.5) is 0 Å². The predicted molar refractivity (Wildman–Crippen MR) is 101 cm³/mol. The highest BCUT2D eigenvalue weighted by Gasteiger charge is 2.25. The Morgan fingerprint density at radius 3 is 2.83 bits per heavy atom. The Kier molecular flexibility index (Phi) is 7.82. The molecule has 0 aromatic heterocycles. The van der Waals surface area contributed by atoms with Gasteiger partial charge in [-0.15, -0.1) is 0 Å². The van der Waals surface area contributed by atoms with Crippen LogP contribution in [-0.4, -0.2) is 56.0 Å². The molecule has 24 heavy (non-hydrogen) atoms. The predicted octanol–water partition coefficient (Wildman–Crippen LogP) is 3.27. The number of rotatable bonds is 7. The molecule has 2 rings (SSSR count). The van der Waals surface area contributed by atoms with Gasteiger partial charge in [-0.1, -0.05) is 29.3 Å². The van der Waals surface area contributed by atoms with Crippen molar-refractivity contribution in [3.63, 3.8) is 0 Å². The van der Waals surface area contributed by atoms with Crippen molar-refractivity contribution in [3.8, 4) is 0 Å². The molecule has 4 nitrogen and oxygen atoms in total. The molecule has 1 heterocycles. The lowest BCUT2D eigenvalue weighted by Crippen LogP contribution is -2.43. The minimum absolute atomic E-state index is 0.0841. The van der Waals surface area contributed by atoms with Crippen LogP contribution < -0.4 is 5.32 Å². The van der Waals surface area contributed by atoms with Crippen LogP contribution in [0.3, 0.4) is 0 Å². The van der Waals surface area contributed by atoms with Gasteiger partial charge in [0.25, 0.3) is 0 Å². The third-order valence-corrected chi connectivity index (χ3v) is 5.09. The second kappa shape index (κ2) is 9.62. The highest BCUT2D eigenvalue weighted by Crippen LogP contribution is 2.24. The van der Waals surface area contributed by atoms with E-state index in [-0.39, 0.29) is 11.8 Å². The molecule has 1 N–H and O–H groups in total. The second-order valence-electron chi connectivity index (χ2n) is 6.77. The van der Waals surface area contributed by atoms with Crippen LogP contribution in [0.1, 0.15) is 24.8 Å². The Labute approximate surface area is 155 Å². The molecular weight excluding hydrogens is 345 g/mol. The van der Waals surface area contributed by atoms with Crippen LogP contribution >= 0.6 is 23.2 Å². The molecule has 6 heteroatoms. The van der Waals surface area contributed by atoms with Gasteiger partial charge in [0.2, 0.25) is 5.91 Å². The maximum atomic E-state index is 12.3. The van der Waals surface area contributed by atoms with Crippen molar-refractivity contribution in [2.45, 2.75) is 25.8 Å². The van der Waals surface area contributed by atoms with Crippen molar-refractivity contribution >= 4 is 29.1 Å². The van der Waals surface area contributed by atoms with Gasteiger partial charge in [-0.05, 0) is 64.1 Å². The fraction of sp³-hybridized carbons (Fsp3) is 0.611. The number of amides is 1. The van der Waals surface area contributed by atoms with Crippen molar-refractivity contribution in [2.24, 2.45) is 5.92 Å². The van der Waals surface area contributed by atoms with E-state index in [0.29, 0.717) is 10.0 Å². The molecule has 1 unspecified atom stereocenters. The van der Waals surface area contributed by atoms with Crippen molar-refractivity contribution in [1.82, 2.24) is 15.1 Å². The molecule has 134 valence electrons. The van der Waals surface area contributed by atoms with E-state index in [2.05, 4.69) is 15.1 Å². The molecule has 1 saturated heterocycles. The molecule has 1 fully saturated rings. The number of carbonyl (C=O) groups is 1. The standard InChI is InChI=1S/C18H27Cl2N3O/c1-22(2)9-4-8-21-18(24)15-5-3-10-23(13-15)12-14-6-7-16(19)17(20)11-14/h6-7,11,15H,3-5,8-10,12-13H2,1-2H3,(H,21,24). The van der Waals surface area contributed by atoms with Crippen molar-refractivity contribution < 1.29 is 4.79 Å². The summed E-state index contributed by atoms with van der Waals surface area (Å²) in [6, 6.07) is 5.74. The zero-order valence-corrected chi connectivity index (χ0v) is 16.0. The topological polar surface area (TPSA) is 35.6 Å². The van der Waals surface area contributed by atoms with Crippen LogP contribution in [0, 0.1) is 5.92 Å². The zero-order chi connectivity index (χ0) is 17.5. The van der Waals surface area contributed by atoms with E-state index >= 15 is 0 Å². The molecular formula is C18H27Cl2N3O. The maximum absolute atomic E-state index is 12.3. The molecule has 1 aliphatic rings. The first-order chi connectivity index (χ1) is 11.5. The Morgan fingerprint density at radius 1 is 1.33 bits per heavy atom. The number of nitrogens with one attached hydrogen (secondary N) is 1. The molecule has 1 aromatic carbocycles. The smallest absolute Gasteiger partial charge is 0.224 e. The number of benzene rings is 1. The van der Waals surface area contributed by atoms with Gasteiger partial charge in [-0.2, -0.15) is 0 Å². The number of likely N-dealkylation sites (tertiary alicyclic amines) is 1. The Bertz CT molecular complexity index is 551. The van der Waals surface area contributed by atoms with Crippen LogP contribution in [0.5, 0.6) is 0 Å². The van der Waals surface area contributed by atoms with Gasteiger partial charge in [0.1, 0.15) is 0 Å². The van der Waals surface area contributed by atoms with E-state index in [9.17, 15) is 4.79 Å². The number of piperidine rings is 1. The fourth-order valence-corrected chi connectivity index (χ4v) is 3.38. The van der Waals surface area contributed by atoms with Crippen LogP contribution in [0.15, 0.2) is 18.2 Å². The number of hydrogen-bond acceptors (Lipinski definition) is 3. The van der Waals surface area contributed by atoms with Crippen LogP contribution in [0.2, 0.25) is 10.0 Å². The number of halogens is 2. The lowest BCUT2D eigenvalue weighted by Gasteiger charge is -2.32. The monoisotopic (exact) mass is 371 g/mol. The summed E-state index contributed by atoms with van der Waals surface area (Å²) >= 11 is 12.1. The van der Waals surface area contributed by atoms with Gasteiger partial charge in [-0.3, -0.25) is 9.69 Å². The minimum Gasteiger partial charge on any atom is -0.356 e. The van der Waals surface area contributed by atoms with Gasteiger partial charge in [-0.25, -0.2) is 0 Å². The first-order valence-electron chi connectivity index (χ1n) is 8.54. The highest BCUT2D eigenvalue weighted by molar-refractivity contribution is 6.42. The average Bonchev–Trinajstić information content (AvgIpc) is 2.55. The van der Waals surface area contributed by atoms with E-state index in [0.717, 1.165) is 57.5 Å². The van der Waals surface area contributed by atoms with Crippen molar-refractivity contribution in [3.05, 3.63) is 33.8 Å². The molecule has 0 aliphatic carbocycles. The minimum atomic E-state index is 0.0841. The van der Waals surface area contributed by atoms with E-state index in [1.807, 2.05) is 32.3 Å². The van der Waals surface area contributed by atoms with Gasteiger partial charge in [0.05, 0.1) is 16.0 Å². The Balaban J connectivity index is 1.80. The summed E-state index contributed by atoms with van der Waals surface area (Å²) in [5, 5.41) is 4.24. The summed E-state index contributed by atoms with van der Waals surface area (Å²) in [5.41, 5.74) is 1.14. The summed E-state index contributed by atoms with van der Waals surface area (Å²) in [5.74, 6) is 0.272. The lowest BCUT2D eigenvalue weighted by molar-refractivity contribution is -0.126. The lowest BCUT2D eigenvalue weighted by atomic mass is 9.96. The molecule has 1 aromatic rings. The SMILES string of the molecule is CN(C)CCCNC(=O)C1CCCN(Cc2ccc(Cl)c(Cl)c2)C1. The first-order valence-corrected chi connectivity index (χ1v) is 9.30.